The minimum absolute atomic E-state index is 0.0237. The van der Waals surface area contributed by atoms with Gasteiger partial charge in [0.15, 0.2) is 5.82 Å². The van der Waals surface area contributed by atoms with Crippen molar-refractivity contribution in [2.24, 2.45) is 5.73 Å². The van der Waals surface area contributed by atoms with Gasteiger partial charge in [0.2, 0.25) is 11.9 Å². The molecule has 1 aromatic carbocycles. The lowest BCUT2D eigenvalue weighted by Crippen LogP contribution is -2.48. The van der Waals surface area contributed by atoms with Crippen LogP contribution in [0.2, 0.25) is 0 Å². The van der Waals surface area contributed by atoms with Gasteiger partial charge in [-0.15, -0.1) is 0 Å². The number of benzene rings is 1. The molecule has 0 aliphatic carbocycles. The van der Waals surface area contributed by atoms with E-state index in [4.69, 9.17) is 20.9 Å². The molecule has 0 radical (unpaired) electrons. The maximum absolute atomic E-state index is 12.6. The number of nitrogens with two attached hydrogens (primary N) is 2. The quantitative estimate of drug-likeness (QED) is 0.158. The number of anilines is 2. The SMILES string of the molecule is CCCC[C@@H](CO)Nc1nc(N)nc2ccn(Cc3cc(CN4CCN(C(=O)CCOCCOCCN)CC4)ccc3C)c12. The van der Waals surface area contributed by atoms with E-state index in [2.05, 4.69) is 56.8 Å². The summed E-state index contributed by atoms with van der Waals surface area (Å²) in [6.07, 6.45) is 5.33. The fraction of sp³-hybridized carbons (Fsp3) is 0.594. The van der Waals surface area contributed by atoms with Gasteiger partial charge in [-0.1, -0.05) is 38.0 Å². The molecule has 1 aliphatic heterocycles. The van der Waals surface area contributed by atoms with Crippen molar-refractivity contribution in [1.29, 1.82) is 0 Å². The monoisotopic (exact) mass is 610 g/mol. The number of aliphatic hydroxyl groups excluding tert-OH is 1. The third-order valence-corrected chi connectivity index (χ3v) is 8.08. The number of aryl methyl sites for hydroxylation is 1. The number of nitrogen functional groups attached to an aromatic ring is 1. The van der Waals surface area contributed by atoms with Gasteiger partial charge in [0.25, 0.3) is 0 Å². The van der Waals surface area contributed by atoms with E-state index in [1.165, 1.54) is 16.7 Å². The maximum atomic E-state index is 12.6. The average Bonchev–Trinajstić information content (AvgIpc) is 3.42. The number of nitrogens with one attached hydrogen (secondary N) is 1. The number of rotatable bonds is 18. The molecule has 12 heteroatoms. The third kappa shape index (κ3) is 9.60. The van der Waals surface area contributed by atoms with Gasteiger partial charge in [-0.05, 0) is 36.1 Å². The van der Waals surface area contributed by atoms with Gasteiger partial charge in [0, 0.05) is 52.0 Å². The van der Waals surface area contributed by atoms with Crippen molar-refractivity contribution < 1.29 is 19.4 Å². The van der Waals surface area contributed by atoms with Gasteiger partial charge < -0.3 is 40.8 Å². The molecule has 1 saturated heterocycles. The Hall–Kier alpha value is -3.29. The van der Waals surface area contributed by atoms with Gasteiger partial charge >= 0.3 is 0 Å². The van der Waals surface area contributed by atoms with Crippen molar-refractivity contribution in [2.45, 2.75) is 58.7 Å². The fourth-order valence-electron chi connectivity index (χ4n) is 5.52. The van der Waals surface area contributed by atoms with Crippen LogP contribution in [0, 0.1) is 6.92 Å². The molecule has 3 heterocycles. The van der Waals surface area contributed by atoms with E-state index >= 15 is 0 Å². The van der Waals surface area contributed by atoms with Crippen LogP contribution in [0.4, 0.5) is 11.8 Å². The zero-order valence-electron chi connectivity index (χ0n) is 26.3. The van der Waals surface area contributed by atoms with Crippen LogP contribution in [-0.4, -0.2) is 107 Å². The van der Waals surface area contributed by atoms with E-state index in [9.17, 15) is 9.90 Å². The largest absolute Gasteiger partial charge is 0.394 e. The first-order valence-electron chi connectivity index (χ1n) is 15.9. The molecule has 0 bridgehead atoms. The number of unbranched alkanes of at least 4 members (excludes halogenated alkanes) is 1. The number of amides is 1. The van der Waals surface area contributed by atoms with Crippen LogP contribution in [0.15, 0.2) is 30.5 Å². The number of piperazine rings is 1. The van der Waals surface area contributed by atoms with Gasteiger partial charge in [-0.25, -0.2) is 4.98 Å². The highest BCUT2D eigenvalue weighted by Crippen LogP contribution is 2.26. The van der Waals surface area contributed by atoms with Gasteiger partial charge in [0.1, 0.15) is 5.52 Å². The molecule has 3 aromatic rings. The minimum Gasteiger partial charge on any atom is -0.394 e. The standard InChI is InChI=1S/C32H50N8O4/c1-3-4-5-27(23-41)35-31-30-28(36-32(34)37-31)8-11-40(30)22-26-20-25(7-6-24(26)2)21-38-12-14-39(15-13-38)29(42)9-16-43-18-19-44-17-10-33/h6-8,11,20,27,41H,3-5,9-10,12-19,21-23,33H2,1-2H3,(H3,34,35,36,37)/t27-/m0/s1. The van der Waals surface area contributed by atoms with Crippen LogP contribution in [0.3, 0.4) is 0 Å². The molecule has 2 aromatic heterocycles. The highest BCUT2D eigenvalue weighted by Gasteiger charge is 2.21. The molecule has 4 rings (SSSR count). The summed E-state index contributed by atoms with van der Waals surface area (Å²) in [6.45, 7) is 11.3. The highest BCUT2D eigenvalue weighted by molar-refractivity contribution is 5.87. The molecule has 1 fully saturated rings. The molecule has 1 amide bonds. The van der Waals surface area contributed by atoms with E-state index in [1.54, 1.807) is 0 Å². The Labute approximate surface area is 260 Å². The molecule has 6 N–H and O–H groups in total. The minimum atomic E-state index is -0.100. The lowest BCUT2D eigenvalue weighted by Gasteiger charge is -2.35. The normalized spacial score (nSPS) is 14.8. The van der Waals surface area contributed by atoms with Crippen molar-refractivity contribution in [1.82, 2.24) is 24.3 Å². The zero-order valence-corrected chi connectivity index (χ0v) is 26.3. The van der Waals surface area contributed by atoms with E-state index in [1.807, 2.05) is 17.2 Å². The van der Waals surface area contributed by atoms with Gasteiger partial charge in [0.05, 0.1) is 51.0 Å². The summed E-state index contributed by atoms with van der Waals surface area (Å²) < 4.78 is 13.0. The average molecular weight is 611 g/mol. The number of aromatic nitrogens is 3. The smallest absolute Gasteiger partial charge is 0.224 e. The number of aliphatic hydroxyl groups is 1. The van der Waals surface area contributed by atoms with Crippen molar-refractivity contribution in [3.05, 3.63) is 47.2 Å². The maximum Gasteiger partial charge on any atom is 0.224 e. The summed E-state index contributed by atoms with van der Waals surface area (Å²) in [5.74, 6) is 0.999. The summed E-state index contributed by atoms with van der Waals surface area (Å²) in [5.41, 5.74) is 16.8. The molecule has 12 nitrogen and oxygen atoms in total. The highest BCUT2D eigenvalue weighted by atomic mass is 16.5. The Morgan fingerprint density at radius 3 is 2.57 bits per heavy atom. The fourth-order valence-corrected chi connectivity index (χ4v) is 5.52. The second-order valence-electron chi connectivity index (χ2n) is 11.5. The Bertz CT molecular complexity index is 1330. The number of ether oxygens (including phenoxy) is 2. The van der Waals surface area contributed by atoms with Crippen LogP contribution < -0.4 is 16.8 Å². The van der Waals surface area contributed by atoms with Crippen LogP contribution in [0.1, 0.15) is 49.3 Å². The van der Waals surface area contributed by atoms with Gasteiger partial charge in [-0.3, -0.25) is 9.69 Å². The number of fused-ring (bicyclic) bond motifs is 1. The van der Waals surface area contributed by atoms with E-state index in [-0.39, 0.29) is 24.5 Å². The van der Waals surface area contributed by atoms with Crippen molar-refractivity contribution in [3.8, 4) is 0 Å². The number of carbonyl (C=O) groups excluding carboxylic acids is 1. The second-order valence-corrected chi connectivity index (χ2v) is 11.5. The lowest BCUT2D eigenvalue weighted by molar-refractivity contribution is -0.134. The van der Waals surface area contributed by atoms with Crippen molar-refractivity contribution in [3.63, 3.8) is 0 Å². The number of hydrogen-bond donors (Lipinski definition) is 4. The first-order chi connectivity index (χ1) is 21.4. The summed E-state index contributed by atoms with van der Waals surface area (Å²) in [7, 11) is 0. The predicted molar refractivity (Wildman–Crippen MR) is 173 cm³/mol. The van der Waals surface area contributed by atoms with Crippen molar-refractivity contribution in [2.75, 3.05) is 76.8 Å². The predicted octanol–water partition coefficient (Wildman–Crippen LogP) is 2.36. The first kappa shape index (κ1) is 33.6. The Kier molecular flexibility index (Phi) is 13.2. The summed E-state index contributed by atoms with van der Waals surface area (Å²) >= 11 is 0. The molecule has 242 valence electrons. The molecule has 0 saturated carbocycles. The molecule has 1 atom stereocenters. The Morgan fingerprint density at radius 2 is 1.84 bits per heavy atom. The molecule has 44 heavy (non-hydrogen) atoms. The van der Waals surface area contributed by atoms with Crippen LogP contribution in [-0.2, 0) is 27.4 Å². The van der Waals surface area contributed by atoms with Crippen molar-refractivity contribution >= 4 is 28.7 Å². The Morgan fingerprint density at radius 1 is 1.07 bits per heavy atom. The lowest BCUT2D eigenvalue weighted by atomic mass is 10.0. The molecule has 0 unspecified atom stereocenters. The first-order valence-corrected chi connectivity index (χ1v) is 15.9. The topological polar surface area (TPSA) is 157 Å². The molecule has 0 spiro atoms. The second kappa shape index (κ2) is 17.3. The summed E-state index contributed by atoms with van der Waals surface area (Å²) in [4.78, 5) is 25.9. The van der Waals surface area contributed by atoms with E-state index < -0.39 is 0 Å². The third-order valence-electron chi connectivity index (χ3n) is 8.08. The summed E-state index contributed by atoms with van der Waals surface area (Å²) in [6, 6.07) is 8.50. The van der Waals surface area contributed by atoms with Crippen LogP contribution >= 0.6 is 0 Å². The molecule has 1 aliphatic rings. The zero-order chi connectivity index (χ0) is 31.3. The molecular weight excluding hydrogens is 560 g/mol. The number of nitrogens with zero attached hydrogens (tertiary/aromatic N) is 5. The van der Waals surface area contributed by atoms with Gasteiger partial charge in [-0.2, -0.15) is 4.98 Å². The molecular formula is C32H50N8O4. The summed E-state index contributed by atoms with van der Waals surface area (Å²) in [5, 5.41) is 13.4. The van der Waals surface area contributed by atoms with E-state index in [0.29, 0.717) is 51.8 Å². The van der Waals surface area contributed by atoms with E-state index in [0.717, 1.165) is 63.0 Å². The van der Waals surface area contributed by atoms with Crippen LogP contribution in [0.25, 0.3) is 11.0 Å². The number of hydrogen-bond acceptors (Lipinski definition) is 10. The van der Waals surface area contributed by atoms with Crippen LogP contribution in [0.5, 0.6) is 0 Å². The Balaban J connectivity index is 1.34. The number of carbonyl (C=O) groups is 1.